The zero-order valence-electron chi connectivity index (χ0n) is 21.6. The fourth-order valence-electron chi connectivity index (χ4n) is 3.75. The molecule has 37 heavy (non-hydrogen) atoms. The van der Waals surface area contributed by atoms with Gasteiger partial charge in [0.15, 0.2) is 9.84 Å². The van der Waals surface area contributed by atoms with Crippen molar-refractivity contribution in [3.63, 3.8) is 0 Å². The van der Waals surface area contributed by atoms with Crippen molar-refractivity contribution in [1.29, 1.82) is 0 Å². The minimum atomic E-state index is -3.87. The van der Waals surface area contributed by atoms with Crippen LogP contribution in [0, 0.1) is 11.8 Å². The van der Waals surface area contributed by atoms with Crippen LogP contribution >= 0.6 is 0 Å². The fraction of sp³-hybridized carbons (Fsp3) is 0.440. The van der Waals surface area contributed by atoms with Crippen molar-refractivity contribution in [2.75, 3.05) is 35.6 Å². The Labute approximate surface area is 219 Å². The van der Waals surface area contributed by atoms with E-state index in [-0.39, 0.29) is 34.5 Å². The Balaban J connectivity index is 1.75. The van der Waals surface area contributed by atoms with E-state index in [9.17, 15) is 21.6 Å². The van der Waals surface area contributed by atoms with E-state index in [1.165, 1.54) is 22.6 Å². The number of piperazine rings is 1. The SMILES string of the molecule is CC#CC1CN(S(=O)(=O)c2ccc(NC(=O)OC(C)(C)C)nc2)CCN1c1ccc(S(=O)(=O)CC)cc1. The van der Waals surface area contributed by atoms with Crippen LogP contribution in [-0.4, -0.2) is 69.2 Å². The second-order valence-corrected chi connectivity index (χ2v) is 13.6. The number of hydrogen-bond acceptors (Lipinski definition) is 8. The minimum Gasteiger partial charge on any atom is -0.444 e. The Kier molecular flexibility index (Phi) is 8.52. The molecule has 200 valence electrons. The smallest absolute Gasteiger partial charge is 0.413 e. The van der Waals surface area contributed by atoms with Crippen LogP contribution in [0.4, 0.5) is 16.3 Å². The zero-order chi connectivity index (χ0) is 27.4. The predicted molar refractivity (Wildman–Crippen MR) is 142 cm³/mol. The van der Waals surface area contributed by atoms with Gasteiger partial charge in [-0.3, -0.25) is 5.32 Å². The normalized spacial score (nSPS) is 17.0. The van der Waals surface area contributed by atoms with Gasteiger partial charge in [0.25, 0.3) is 0 Å². The quantitative estimate of drug-likeness (QED) is 0.546. The van der Waals surface area contributed by atoms with Crippen LogP contribution in [0.1, 0.15) is 34.6 Å². The molecule has 0 bridgehead atoms. The summed E-state index contributed by atoms with van der Waals surface area (Å²) in [5.41, 5.74) is 0.0851. The summed E-state index contributed by atoms with van der Waals surface area (Å²) in [7, 11) is -7.19. The van der Waals surface area contributed by atoms with Gasteiger partial charge < -0.3 is 9.64 Å². The van der Waals surface area contributed by atoms with Crippen LogP contribution in [0.2, 0.25) is 0 Å². The third-order valence-corrected chi connectivity index (χ3v) is 9.16. The van der Waals surface area contributed by atoms with E-state index in [4.69, 9.17) is 4.74 Å². The molecule has 2 heterocycles. The number of benzene rings is 1. The van der Waals surface area contributed by atoms with E-state index >= 15 is 0 Å². The molecule has 0 spiro atoms. The summed E-state index contributed by atoms with van der Waals surface area (Å²) in [6.45, 7) is 9.17. The van der Waals surface area contributed by atoms with Gasteiger partial charge in [0.05, 0.1) is 10.6 Å². The highest BCUT2D eigenvalue weighted by molar-refractivity contribution is 7.91. The first-order valence-electron chi connectivity index (χ1n) is 11.7. The number of nitrogens with zero attached hydrogens (tertiary/aromatic N) is 3. The van der Waals surface area contributed by atoms with E-state index in [1.54, 1.807) is 58.9 Å². The lowest BCUT2D eigenvalue weighted by atomic mass is 10.1. The lowest BCUT2D eigenvalue weighted by molar-refractivity contribution is 0.0635. The second-order valence-electron chi connectivity index (χ2n) is 9.37. The van der Waals surface area contributed by atoms with Crippen molar-refractivity contribution >= 4 is 37.5 Å². The first kappa shape index (κ1) is 28.4. The van der Waals surface area contributed by atoms with E-state index < -0.39 is 37.6 Å². The number of carbonyl (C=O) groups is 1. The van der Waals surface area contributed by atoms with E-state index in [0.29, 0.717) is 6.54 Å². The molecular weight excluding hydrogens is 516 g/mol. The third-order valence-electron chi connectivity index (χ3n) is 5.56. The maximum Gasteiger partial charge on any atom is 0.413 e. The van der Waals surface area contributed by atoms with Gasteiger partial charge in [-0.05, 0) is 64.1 Å². The highest BCUT2D eigenvalue weighted by atomic mass is 32.2. The van der Waals surface area contributed by atoms with Gasteiger partial charge in [0.2, 0.25) is 10.0 Å². The Morgan fingerprint density at radius 1 is 1.08 bits per heavy atom. The van der Waals surface area contributed by atoms with E-state index in [1.807, 2.05) is 4.90 Å². The average Bonchev–Trinajstić information content (AvgIpc) is 2.83. The molecule has 1 fully saturated rings. The molecule has 1 atom stereocenters. The molecule has 0 aliphatic carbocycles. The van der Waals surface area contributed by atoms with Crippen LogP contribution in [-0.2, 0) is 24.6 Å². The van der Waals surface area contributed by atoms with Crippen LogP contribution in [0.15, 0.2) is 52.4 Å². The van der Waals surface area contributed by atoms with Gasteiger partial charge in [-0.15, -0.1) is 5.92 Å². The van der Waals surface area contributed by atoms with Gasteiger partial charge in [0.1, 0.15) is 22.4 Å². The molecule has 1 aromatic heterocycles. The number of anilines is 2. The van der Waals surface area contributed by atoms with Crippen LogP contribution < -0.4 is 10.2 Å². The van der Waals surface area contributed by atoms with Gasteiger partial charge in [0, 0.05) is 31.5 Å². The predicted octanol–water partition coefficient (Wildman–Crippen LogP) is 3.13. The highest BCUT2D eigenvalue weighted by Crippen LogP contribution is 2.26. The monoisotopic (exact) mass is 548 g/mol. The molecule has 1 N–H and O–H groups in total. The number of sulfone groups is 1. The van der Waals surface area contributed by atoms with E-state index in [2.05, 4.69) is 22.1 Å². The lowest BCUT2D eigenvalue weighted by Gasteiger charge is -2.39. The molecule has 12 heteroatoms. The number of nitrogens with one attached hydrogen (secondary N) is 1. The molecular formula is C25H32N4O6S2. The largest absolute Gasteiger partial charge is 0.444 e. The van der Waals surface area contributed by atoms with Crippen molar-refractivity contribution in [3.05, 3.63) is 42.6 Å². The average molecular weight is 549 g/mol. The van der Waals surface area contributed by atoms with Crippen molar-refractivity contribution in [1.82, 2.24) is 9.29 Å². The molecule has 1 aliphatic rings. The first-order chi connectivity index (χ1) is 17.3. The van der Waals surface area contributed by atoms with Gasteiger partial charge >= 0.3 is 6.09 Å². The maximum absolute atomic E-state index is 13.3. The van der Waals surface area contributed by atoms with Gasteiger partial charge in [-0.25, -0.2) is 26.6 Å². The Morgan fingerprint density at radius 2 is 1.73 bits per heavy atom. The zero-order valence-corrected chi connectivity index (χ0v) is 23.2. The first-order valence-corrected chi connectivity index (χ1v) is 14.8. The van der Waals surface area contributed by atoms with E-state index in [0.717, 1.165) is 5.69 Å². The topological polar surface area (TPSA) is 126 Å². The molecule has 10 nitrogen and oxygen atoms in total. The molecule has 0 saturated carbocycles. The number of rotatable bonds is 6. The van der Waals surface area contributed by atoms with Gasteiger partial charge in [-0.2, -0.15) is 4.31 Å². The molecule has 0 radical (unpaired) electrons. The lowest BCUT2D eigenvalue weighted by Crippen LogP contribution is -2.54. The highest BCUT2D eigenvalue weighted by Gasteiger charge is 2.34. The van der Waals surface area contributed by atoms with Crippen LogP contribution in [0.3, 0.4) is 0 Å². The summed E-state index contributed by atoms with van der Waals surface area (Å²) >= 11 is 0. The molecule has 3 rings (SSSR count). The van der Waals surface area contributed by atoms with Crippen molar-refractivity contribution in [2.24, 2.45) is 0 Å². The number of hydrogen-bond donors (Lipinski definition) is 1. The summed E-state index contributed by atoms with van der Waals surface area (Å²) < 4.78 is 57.5. The molecule has 1 unspecified atom stereocenters. The summed E-state index contributed by atoms with van der Waals surface area (Å²) in [6, 6.07) is 8.92. The van der Waals surface area contributed by atoms with Crippen molar-refractivity contribution in [2.45, 2.75) is 56.1 Å². The number of aromatic nitrogens is 1. The number of carbonyl (C=O) groups excluding carboxylic acids is 1. The number of ether oxygens (including phenoxy) is 1. The Bertz CT molecular complexity index is 1390. The minimum absolute atomic E-state index is 0.00646. The molecule has 1 aromatic carbocycles. The molecule has 1 saturated heterocycles. The fourth-order valence-corrected chi connectivity index (χ4v) is 6.02. The maximum atomic E-state index is 13.3. The Hall–Kier alpha value is -3.14. The number of pyridine rings is 1. The summed E-state index contributed by atoms with van der Waals surface area (Å²) in [5, 5.41) is 2.48. The van der Waals surface area contributed by atoms with Crippen LogP contribution in [0.5, 0.6) is 0 Å². The third kappa shape index (κ3) is 7.00. The molecule has 2 aromatic rings. The summed E-state index contributed by atoms with van der Waals surface area (Å²) in [6.07, 6.45) is 0.509. The molecule has 1 amide bonds. The number of sulfonamides is 1. The van der Waals surface area contributed by atoms with Crippen molar-refractivity contribution in [3.8, 4) is 11.8 Å². The van der Waals surface area contributed by atoms with Gasteiger partial charge in [-0.1, -0.05) is 12.8 Å². The molecule has 1 aliphatic heterocycles. The summed E-state index contributed by atoms with van der Waals surface area (Å²) in [5.74, 6) is 6.11. The number of amides is 1. The van der Waals surface area contributed by atoms with Crippen LogP contribution in [0.25, 0.3) is 0 Å². The summed E-state index contributed by atoms with van der Waals surface area (Å²) in [4.78, 5) is 18.2. The second kappa shape index (κ2) is 11.1. The standard InChI is InChI=1S/C25H32N4O6S2/c1-6-8-20-18-28(15-16-29(20)19-9-11-21(12-10-19)36(31,32)7-2)37(33,34)22-13-14-23(26-17-22)27-24(30)35-25(3,4)5/h9-14,17,20H,7,15-16,18H2,1-5H3,(H,26,27,30). The Morgan fingerprint density at radius 3 is 2.27 bits per heavy atom. The van der Waals surface area contributed by atoms with Crippen molar-refractivity contribution < 1.29 is 26.4 Å².